The summed E-state index contributed by atoms with van der Waals surface area (Å²) < 4.78 is 6.96. The number of rotatable bonds is 5. The fourth-order valence-electron chi connectivity index (χ4n) is 2.11. The van der Waals surface area contributed by atoms with E-state index < -0.39 is 0 Å². The van der Waals surface area contributed by atoms with Gasteiger partial charge in [-0.2, -0.15) is 0 Å². The summed E-state index contributed by atoms with van der Waals surface area (Å²) in [6.45, 7) is 4.14. The van der Waals surface area contributed by atoms with Gasteiger partial charge in [0.2, 0.25) is 0 Å². The molecule has 0 spiro atoms. The maximum absolute atomic E-state index is 5.99. The number of ether oxygens (including phenoxy) is 1. The largest absolute Gasteiger partial charge is 0.457 e. The van der Waals surface area contributed by atoms with Gasteiger partial charge in [-0.05, 0) is 43.2 Å². The first kappa shape index (κ1) is 15.1. The molecule has 20 heavy (non-hydrogen) atoms. The van der Waals surface area contributed by atoms with E-state index in [1.807, 2.05) is 37.3 Å². The molecule has 2 aromatic carbocycles. The van der Waals surface area contributed by atoms with Gasteiger partial charge in [0.25, 0.3) is 0 Å². The zero-order valence-corrected chi connectivity index (χ0v) is 13.5. The first-order chi connectivity index (χ1) is 9.60. The van der Waals surface area contributed by atoms with Gasteiger partial charge in [-0.3, -0.25) is 0 Å². The van der Waals surface area contributed by atoms with Crippen LogP contribution in [-0.4, -0.2) is 0 Å². The molecule has 2 nitrogen and oxygen atoms in total. The van der Waals surface area contributed by atoms with Crippen LogP contribution in [0.5, 0.6) is 11.5 Å². The van der Waals surface area contributed by atoms with Crippen molar-refractivity contribution >= 4 is 15.9 Å². The van der Waals surface area contributed by atoms with Crippen LogP contribution in [0.2, 0.25) is 0 Å². The number of halogens is 1. The minimum absolute atomic E-state index is 0.0579. The molecule has 1 atom stereocenters. The second-order valence-electron chi connectivity index (χ2n) is 4.97. The average Bonchev–Trinajstić information content (AvgIpc) is 2.41. The molecule has 0 aromatic heterocycles. The van der Waals surface area contributed by atoms with Crippen molar-refractivity contribution in [2.75, 3.05) is 0 Å². The first-order valence-electron chi connectivity index (χ1n) is 6.92. The van der Waals surface area contributed by atoms with E-state index in [1.165, 1.54) is 5.56 Å². The van der Waals surface area contributed by atoms with Gasteiger partial charge in [-0.1, -0.05) is 47.5 Å². The standard InChI is InChI=1S/C17H20BrNO/c1-3-4-13-5-8-15(9-6-13)20-17-11-14(18)7-10-16(17)12(2)19/h5-12H,3-4,19H2,1-2H3. The highest BCUT2D eigenvalue weighted by Gasteiger charge is 2.09. The van der Waals surface area contributed by atoms with E-state index in [0.717, 1.165) is 34.4 Å². The molecule has 2 N–H and O–H groups in total. The fraction of sp³-hybridized carbons (Fsp3) is 0.294. The predicted octanol–water partition coefficient (Wildman–Crippen LogP) is 5.21. The second kappa shape index (κ2) is 6.91. The van der Waals surface area contributed by atoms with E-state index in [-0.39, 0.29) is 6.04 Å². The van der Waals surface area contributed by atoms with Crippen molar-refractivity contribution in [2.45, 2.75) is 32.7 Å². The van der Waals surface area contributed by atoms with Gasteiger partial charge in [0.15, 0.2) is 0 Å². The zero-order chi connectivity index (χ0) is 14.5. The van der Waals surface area contributed by atoms with E-state index in [1.54, 1.807) is 0 Å². The van der Waals surface area contributed by atoms with Gasteiger partial charge in [0, 0.05) is 16.1 Å². The molecule has 0 aliphatic heterocycles. The van der Waals surface area contributed by atoms with E-state index in [2.05, 4.69) is 35.0 Å². The normalized spacial score (nSPS) is 12.2. The summed E-state index contributed by atoms with van der Waals surface area (Å²) in [6, 6.07) is 14.1. The summed E-state index contributed by atoms with van der Waals surface area (Å²) in [5, 5.41) is 0. The summed E-state index contributed by atoms with van der Waals surface area (Å²) in [6.07, 6.45) is 2.25. The Morgan fingerprint density at radius 2 is 1.85 bits per heavy atom. The van der Waals surface area contributed by atoms with E-state index in [4.69, 9.17) is 10.5 Å². The van der Waals surface area contributed by atoms with Crippen LogP contribution in [0.25, 0.3) is 0 Å². The molecule has 0 saturated carbocycles. The van der Waals surface area contributed by atoms with Crippen molar-refractivity contribution in [3.63, 3.8) is 0 Å². The second-order valence-corrected chi connectivity index (χ2v) is 5.88. The molecule has 0 heterocycles. The van der Waals surface area contributed by atoms with Crippen molar-refractivity contribution in [3.8, 4) is 11.5 Å². The Hall–Kier alpha value is -1.32. The number of benzene rings is 2. The van der Waals surface area contributed by atoms with E-state index >= 15 is 0 Å². The maximum Gasteiger partial charge on any atom is 0.133 e. The Bertz CT molecular complexity index is 564. The van der Waals surface area contributed by atoms with Crippen molar-refractivity contribution in [1.82, 2.24) is 0 Å². The summed E-state index contributed by atoms with van der Waals surface area (Å²) >= 11 is 3.47. The van der Waals surface area contributed by atoms with Crippen LogP contribution in [0.1, 0.15) is 37.4 Å². The predicted molar refractivity (Wildman–Crippen MR) is 87.3 cm³/mol. The van der Waals surface area contributed by atoms with Crippen LogP contribution in [0, 0.1) is 0 Å². The van der Waals surface area contributed by atoms with Crippen LogP contribution < -0.4 is 10.5 Å². The minimum atomic E-state index is -0.0579. The number of nitrogens with two attached hydrogens (primary N) is 1. The lowest BCUT2D eigenvalue weighted by Crippen LogP contribution is -2.06. The highest BCUT2D eigenvalue weighted by Crippen LogP contribution is 2.31. The third kappa shape index (κ3) is 3.84. The summed E-state index contributed by atoms with van der Waals surface area (Å²) in [4.78, 5) is 0. The highest BCUT2D eigenvalue weighted by atomic mass is 79.9. The van der Waals surface area contributed by atoms with Crippen molar-refractivity contribution in [3.05, 3.63) is 58.1 Å². The molecule has 0 fully saturated rings. The van der Waals surface area contributed by atoms with Crippen molar-refractivity contribution < 1.29 is 4.74 Å². The van der Waals surface area contributed by atoms with Crippen molar-refractivity contribution in [1.29, 1.82) is 0 Å². The van der Waals surface area contributed by atoms with Gasteiger partial charge in [0.1, 0.15) is 11.5 Å². The summed E-state index contributed by atoms with van der Waals surface area (Å²) in [7, 11) is 0. The molecule has 3 heteroatoms. The van der Waals surface area contributed by atoms with Crippen LogP contribution in [0.4, 0.5) is 0 Å². The molecule has 2 aromatic rings. The summed E-state index contributed by atoms with van der Waals surface area (Å²) in [5.41, 5.74) is 8.33. The molecule has 0 amide bonds. The third-order valence-corrected chi connectivity index (χ3v) is 3.65. The molecule has 0 aliphatic rings. The molecule has 106 valence electrons. The van der Waals surface area contributed by atoms with E-state index in [0.29, 0.717) is 0 Å². The Morgan fingerprint density at radius 1 is 1.15 bits per heavy atom. The van der Waals surface area contributed by atoms with Gasteiger partial charge >= 0.3 is 0 Å². The smallest absolute Gasteiger partial charge is 0.133 e. The van der Waals surface area contributed by atoms with Gasteiger partial charge in [0.05, 0.1) is 0 Å². The van der Waals surface area contributed by atoms with Gasteiger partial charge in [-0.15, -0.1) is 0 Å². The van der Waals surface area contributed by atoms with Crippen molar-refractivity contribution in [2.24, 2.45) is 5.73 Å². The molecular formula is C17H20BrNO. The number of aryl methyl sites for hydroxylation is 1. The molecule has 0 radical (unpaired) electrons. The minimum Gasteiger partial charge on any atom is -0.457 e. The first-order valence-corrected chi connectivity index (χ1v) is 7.71. The molecule has 0 saturated heterocycles. The Kier molecular flexibility index (Phi) is 5.21. The van der Waals surface area contributed by atoms with Crippen LogP contribution in [0.3, 0.4) is 0 Å². The topological polar surface area (TPSA) is 35.2 Å². The molecule has 2 rings (SSSR count). The molecule has 0 aliphatic carbocycles. The zero-order valence-electron chi connectivity index (χ0n) is 11.9. The van der Waals surface area contributed by atoms with Crippen LogP contribution in [-0.2, 0) is 6.42 Å². The Labute approximate surface area is 129 Å². The van der Waals surface area contributed by atoms with Crippen LogP contribution >= 0.6 is 15.9 Å². The fourth-order valence-corrected chi connectivity index (χ4v) is 2.45. The molecular weight excluding hydrogens is 314 g/mol. The van der Waals surface area contributed by atoms with Gasteiger partial charge in [-0.25, -0.2) is 0 Å². The Morgan fingerprint density at radius 3 is 2.45 bits per heavy atom. The van der Waals surface area contributed by atoms with Crippen LogP contribution in [0.15, 0.2) is 46.9 Å². The lowest BCUT2D eigenvalue weighted by molar-refractivity contribution is 0.471. The SMILES string of the molecule is CCCc1ccc(Oc2cc(Br)ccc2C(C)N)cc1. The highest BCUT2D eigenvalue weighted by molar-refractivity contribution is 9.10. The Balaban J connectivity index is 2.22. The number of hydrogen-bond acceptors (Lipinski definition) is 2. The lowest BCUT2D eigenvalue weighted by atomic mass is 10.1. The maximum atomic E-state index is 5.99. The molecule has 1 unspecified atom stereocenters. The number of hydrogen-bond donors (Lipinski definition) is 1. The molecule has 0 bridgehead atoms. The summed E-state index contributed by atoms with van der Waals surface area (Å²) in [5.74, 6) is 1.64. The van der Waals surface area contributed by atoms with Gasteiger partial charge < -0.3 is 10.5 Å². The monoisotopic (exact) mass is 333 g/mol. The lowest BCUT2D eigenvalue weighted by Gasteiger charge is -2.14. The quantitative estimate of drug-likeness (QED) is 0.814. The third-order valence-electron chi connectivity index (χ3n) is 3.16. The van der Waals surface area contributed by atoms with E-state index in [9.17, 15) is 0 Å². The average molecular weight is 334 g/mol.